The molecule has 1 aromatic heterocycles. The van der Waals surface area contributed by atoms with Crippen LogP contribution < -0.4 is 10.9 Å². The second-order valence-electron chi connectivity index (χ2n) is 5.53. The molecule has 1 unspecified atom stereocenters. The molecule has 0 amide bonds. The van der Waals surface area contributed by atoms with Gasteiger partial charge >= 0.3 is 0 Å². The van der Waals surface area contributed by atoms with E-state index in [1.54, 1.807) is 0 Å². The second-order valence-corrected chi connectivity index (χ2v) is 5.53. The van der Waals surface area contributed by atoms with Crippen molar-refractivity contribution >= 4 is 16.6 Å². The molecule has 1 heterocycles. The fraction of sp³-hybridized carbons (Fsp3) is 0.438. The number of nitrogens with one attached hydrogen (secondary N) is 2. The summed E-state index contributed by atoms with van der Waals surface area (Å²) in [5.41, 5.74) is -0.0122. The molecule has 0 spiro atoms. The molecule has 0 saturated heterocycles. The summed E-state index contributed by atoms with van der Waals surface area (Å²) >= 11 is 0. The highest BCUT2D eigenvalue weighted by molar-refractivity contribution is 5.83. The van der Waals surface area contributed by atoms with Gasteiger partial charge in [0, 0.05) is 11.4 Å². The maximum Gasteiger partial charge on any atom is 0.257 e. The third-order valence-corrected chi connectivity index (χ3v) is 3.92. The van der Waals surface area contributed by atoms with E-state index < -0.39 is 0 Å². The van der Waals surface area contributed by atoms with Crippen LogP contribution in [-0.2, 0) is 0 Å². The minimum absolute atomic E-state index is 0.0122. The lowest BCUT2D eigenvalue weighted by atomic mass is 10.1. The topological polar surface area (TPSA) is 44.9 Å². The number of fused-ring (bicyclic) bond motifs is 1. The van der Waals surface area contributed by atoms with Crippen molar-refractivity contribution in [1.82, 2.24) is 4.98 Å². The van der Waals surface area contributed by atoms with Crippen molar-refractivity contribution in [1.29, 1.82) is 0 Å². The van der Waals surface area contributed by atoms with E-state index in [1.807, 2.05) is 30.3 Å². The van der Waals surface area contributed by atoms with Crippen molar-refractivity contribution in [3.05, 3.63) is 40.7 Å². The summed E-state index contributed by atoms with van der Waals surface area (Å²) in [5, 5.41) is 5.23. The number of aromatic amines is 1. The molecule has 1 atom stereocenters. The molecule has 1 aromatic carbocycles. The largest absolute Gasteiger partial charge is 0.369 e. The predicted octanol–water partition coefficient (Wildman–Crippen LogP) is 3.52. The summed E-state index contributed by atoms with van der Waals surface area (Å²) in [6, 6.07) is 10.2. The van der Waals surface area contributed by atoms with Gasteiger partial charge < -0.3 is 10.3 Å². The van der Waals surface area contributed by atoms with Crippen molar-refractivity contribution in [2.45, 2.75) is 38.6 Å². The number of hydrogen-bond donors (Lipinski definition) is 2. The summed E-state index contributed by atoms with van der Waals surface area (Å²) < 4.78 is 0. The monoisotopic (exact) mass is 256 g/mol. The van der Waals surface area contributed by atoms with Crippen LogP contribution in [-0.4, -0.2) is 11.0 Å². The van der Waals surface area contributed by atoms with Crippen molar-refractivity contribution in [3.63, 3.8) is 0 Å². The van der Waals surface area contributed by atoms with Gasteiger partial charge in [-0.3, -0.25) is 4.79 Å². The first-order valence-corrected chi connectivity index (χ1v) is 7.15. The van der Waals surface area contributed by atoms with Gasteiger partial charge in [-0.15, -0.1) is 0 Å². The summed E-state index contributed by atoms with van der Waals surface area (Å²) in [4.78, 5) is 15.0. The molecule has 1 fully saturated rings. The van der Waals surface area contributed by atoms with Crippen molar-refractivity contribution < 1.29 is 0 Å². The fourth-order valence-corrected chi connectivity index (χ4v) is 2.59. The lowest BCUT2D eigenvalue weighted by Crippen LogP contribution is -2.21. The molecule has 0 radical (unpaired) electrons. The third kappa shape index (κ3) is 2.80. The third-order valence-electron chi connectivity index (χ3n) is 3.92. The first-order chi connectivity index (χ1) is 9.26. The first-order valence-electron chi connectivity index (χ1n) is 7.15. The lowest BCUT2D eigenvalue weighted by molar-refractivity contribution is 0.585. The Labute approximate surface area is 113 Å². The van der Waals surface area contributed by atoms with Crippen LogP contribution in [0, 0.1) is 5.92 Å². The lowest BCUT2D eigenvalue weighted by Gasteiger charge is -2.18. The van der Waals surface area contributed by atoms with E-state index in [0.29, 0.717) is 6.04 Å². The summed E-state index contributed by atoms with van der Waals surface area (Å²) in [6.07, 6.45) is 5.04. The van der Waals surface area contributed by atoms with E-state index in [0.717, 1.165) is 28.9 Å². The zero-order valence-electron chi connectivity index (χ0n) is 11.3. The molecule has 3 heteroatoms. The van der Waals surface area contributed by atoms with E-state index in [9.17, 15) is 4.79 Å². The predicted molar refractivity (Wildman–Crippen MR) is 79.6 cm³/mol. The highest BCUT2D eigenvalue weighted by atomic mass is 16.1. The average molecular weight is 256 g/mol. The van der Waals surface area contributed by atoms with Crippen molar-refractivity contribution in [2.75, 3.05) is 5.32 Å². The summed E-state index contributed by atoms with van der Waals surface area (Å²) in [6.45, 7) is 2.19. The van der Waals surface area contributed by atoms with E-state index in [2.05, 4.69) is 17.2 Å². The van der Waals surface area contributed by atoms with Gasteiger partial charge in [-0.05, 0) is 36.3 Å². The number of benzene rings is 1. The number of anilines is 1. The molecular weight excluding hydrogens is 236 g/mol. The fourth-order valence-electron chi connectivity index (χ4n) is 2.59. The minimum Gasteiger partial charge on any atom is -0.369 e. The first kappa shape index (κ1) is 12.3. The molecular formula is C16H20N2O. The van der Waals surface area contributed by atoms with Crippen LogP contribution >= 0.6 is 0 Å². The number of hydrogen-bond acceptors (Lipinski definition) is 2. The van der Waals surface area contributed by atoms with Crippen LogP contribution in [0.4, 0.5) is 5.82 Å². The van der Waals surface area contributed by atoms with Gasteiger partial charge in [0.1, 0.15) is 5.82 Å². The standard InChI is InChI=1S/C16H20N2O/c1-2-13(9-11-7-8-11)17-15-10-12-5-3-4-6-14(12)16(19)18-15/h3-6,10-11,13H,2,7-9H2,1H3,(H2,17,18,19). The molecule has 0 bridgehead atoms. The van der Waals surface area contributed by atoms with Gasteiger partial charge in [0.15, 0.2) is 0 Å². The maximum atomic E-state index is 12.0. The molecule has 1 aliphatic carbocycles. The van der Waals surface area contributed by atoms with Crippen LogP contribution in [0.3, 0.4) is 0 Å². The Kier molecular flexibility index (Phi) is 3.28. The molecule has 100 valence electrons. The SMILES string of the molecule is CCC(CC1CC1)Nc1cc2ccccc2c(=O)[nH]1. The van der Waals surface area contributed by atoms with E-state index in [4.69, 9.17) is 0 Å². The Morgan fingerprint density at radius 1 is 1.37 bits per heavy atom. The number of aromatic nitrogens is 1. The van der Waals surface area contributed by atoms with Crippen LogP contribution in [0.15, 0.2) is 35.1 Å². The summed E-state index contributed by atoms with van der Waals surface area (Å²) in [5.74, 6) is 1.74. The van der Waals surface area contributed by atoms with Crippen LogP contribution in [0.5, 0.6) is 0 Å². The highest BCUT2D eigenvalue weighted by Crippen LogP contribution is 2.34. The molecule has 2 aromatic rings. The number of rotatable bonds is 5. The molecule has 3 rings (SSSR count). The van der Waals surface area contributed by atoms with Gasteiger partial charge in [0.2, 0.25) is 0 Å². The molecule has 1 aliphatic rings. The maximum absolute atomic E-state index is 12.0. The molecule has 2 N–H and O–H groups in total. The minimum atomic E-state index is -0.0122. The average Bonchev–Trinajstić information content (AvgIpc) is 3.22. The van der Waals surface area contributed by atoms with Gasteiger partial charge in [0.25, 0.3) is 5.56 Å². The number of pyridine rings is 1. The number of H-pyrrole nitrogens is 1. The molecule has 3 nitrogen and oxygen atoms in total. The zero-order valence-corrected chi connectivity index (χ0v) is 11.3. The van der Waals surface area contributed by atoms with E-state index >= 15 is 0 Å². The van der Waals surface area contributed by atoms with Gasteiger partial charge in [-0.25, -0.2) is 0 Å². The molecule has 19 heavy (non-hydrogen) atoms. The van der Waals surface area contributed by atoms with Gasteiger partial charge in [-0.2, -0.15) is 0 Å². The smallest absolute Gasteiger partial charge is 0.257 e. The van der Waals surface area contributed by atoms with Gasteiger partial charge in [0.05, 0.1) is 0 Å². The summed E-state index contributed by atoms with van der Waals surface area (Å²) in [7, 11) is 0. The van der Waals surface area contributed by atoms with Crippen LogP contribution in [0.2, 0.25) is 0 Å². The quantitative estimate of drug-likeness (QED) is 0.859. The Morgan fingerprint density at radius 3 is 2.89 bits per heavy atom. The van der Waals surface area contributed by atoms with Crippen LogP contribution in [0.1, 0.15) is 32.6 Å². The van der Waals surface area contributed by atoms with E-state index in [1.165, 1.54) is 19.3 Å². The van der Waals surface area contributed by atoms with Crippen molar-refractivity contribution in [2.24, 2.45) is 5.92 Å². The Balaban J connectivity index is 1.85. The van der Waals surface area contributed by atoms with Gasteiger partial charge in [-0.1, -0.05) is 38.0 Å². The van der Waals surface area contributed by atoms with E-state index in [-0.39, 0.29) is 5.56 Å². The molecule has 0 aliphatic heterocycles. The van der Waals surface area contributed by atoms with Crippen molar-refractivity contribution in [3.8, 4) is 0 Å². The highest BCUT2D eigenvalue weighted by Gasteiger charge is 2.24. The normalized spacial score (nSPS) is 16.5. The Hall–Kier alpha value is -1.77. The Morgan fingerprint density at radius 2 is 2.16 bits per heavy atom. The Bertz CT molecular complexity index is 628. The zero-order chi connectivity index (χ0) is 13.2. The van der Waals surface area contributed by atoms with Crippen LogP contribution in [0.25, 0.3) is 10.8 Å². The second kappa shape index (κ2) is 5.08. The molecule has 1 saturated carbocycles.